The fourth-order valence-electron chi connectivity index (χ4n) is 2.77. The van der Waals surface area contributed by atoms with E-state index in [9.17, 15) is 14.4 Å². The van der Waals surface area contributed by atoms with Gasteiger partial charge in [0.05, 0.1) is 6.54 Å². The van der Waals surface area contributed by atoms with Gasteiger partial charge in [0, 0.05) is 35.2 Å². The summed E-state index contributed by atoms with van der Waals surface area (Å²) in [4.78, 5) is 35.7. The molecule has 3 rings (SSSR count). The molecule has 4 N–H and O–H groups in total. The SMILES string of the molecule is CC(=O)Nc1cccc(NCC(=O)Nc2cccc(NC(=O)c3ccccc3)c2)c1. The van der Waals surface area contributed by atoms with Gasteiger partial charge in [-0.1, -0.05) is 30.3 Å². The Morgan fingerprint density at radius 2 is 1.23 bits per heavy atom. The van der Waals surface area contributed by atoms with Crippen LogP contribution in [0.5, 0.6) is 0 Å². The third-order valence-electron chi connectivity index (χ3n) is 4.08. The van der Waals surface area contributed by atoms with Gasteiger partial charge < -0.3 is 21.3 Å². The molecule has 0 spiro atoms. The molecule has 0 atom stereocenters. The summed E-state index contributed by atoms with van der Waals surface area (Å²) in [5.74, 6) is -0.629. The predicted molar refractivity (Wildman–Crippen MR) is 119 cm³/mol. The second-order valence-corrected chi connectivity index (χ2v) is 6.56. The highest BCUT2D eigenvalue weighted by Gasteiger charge is 2.07. The van der Waals surface area contributed by atoms with Crippen molar-refractivity contribution in [2.45, 2.75) is 6.92 Å². The van der Waals surface area contributed by atoms with Crippen LogP contribution in [0.3, 0.4) is 0 Å². The first-order valence-electron chi connectivity index (χ1n) is 9.37. The molecule has 0 aliphatic rings. The van der Waals surface area contributed by atoms with Gasteiger partial charge in [-0.25, -0.2) is 0 Å². The molecule has 3 aromatic carbocycles. The van der Waals surface area contributed by atoms with Crippen molar-refractivity contribution in [3.63, 3.8) is 0 Å². The Morgan fingerprint density at radius 3 is 1.90 bits per heavy atom. The van der Waals surface area contributed by atoms with Crippen LogP contribution in [0.1, 0.15) is 17.3 Å². The van der Waals surface area contributed by atoms with Gasteiger partial charge >= 0.3 is 0 Å². The largest absolute Gasteiger partial charge is 0.376 e. The second kappa shape index (κ2) is 9.88. The summed E-state index contributed by atoms with van der Waals surface area (Å²) in [6.45, 7) is 1.48. The van der Waals surface area contributed by atoms with Gasteiger partial charge in [-0.2, -0.15) is 0 Å². The molecule has 0 aromatic heterocycles. The number of nitrogens with one attached hydrogen (secondary N) is 4. The fraction of sp³-hybridized carbons (Fsp3) is 0.0870. The van der Waals surface area contributed by atoms with E-state index in [1.165, 1.54) is 6.92 Å². The zero-order chi connectivity index (χ0) is 21.3. The van der Waals surface area contributed by atoms with Crippen LogP contribution in [0, 0.1) is 0 Å². The van der Waals surface area contributed by atoms with Crippen LogP contribution in [0.4, 0.5) is 22.7 Å². The Kier molecular flexibility index (Phi) is 6.78. The lowest BCUT2D eigenvalue weighted by molar-refractivity contribution is -0.115. The van der Waals surface area contributed by atoms with Gasteiger partial charge in [0.2, 0.25) is 11.8 Å². The van der Waals surface area contributed by atoms with Gasteiger partial charge in [0.25, 0.3) is 5.91 Å². The van der Waals surface area contributed by atoms with Crippen LogP contribution in [0.15, 0.2) is 78.9 Å². The lowest BCUT2D eigenvalue weighted by atomic mass is 10.2. The molecule has 0 aliphatic heterocycles. The molecule has 0 unspecified atom stereocenters. The van der Waals surface area contributed by atoms with Gasteiger partial charge in [-0.3, -0.25) is 14.4 Å². The van der Waals surface area contributed by atoms with Crippen molar-refractivity contribution >= 4 is 40.5 Å². The summed E-state index contributed by atoms with van der Waals surface area (Å²) < 4.78 is 0. The molecule has 0 heterocycles. The van der Waals surface area contributed by atoms with E-state index in [4.69, 9.17) is 0 Å². The molecule has 152 valence electrons. The van der Waals surface area contributed by atoms with Crippen LogP contribution < -0.4 is 21.3 Å². The highest BCUT2D eigenvalue weighted by atomic mass is 16.2. The maximum absolute atomic E-state index is 12.3. The van der Waals surface area contributed by atoms with E-state index < -0.39 is 0 Å². The van der Waals surface area contributed by atoms with Gasteiger partial charge in [-0.05, 0) is 48.5 Å². The lowest BCUT2D eigenvalue weighted by Gasteiger charge is -2.11. The lowest BCUT2D eigenvalue weighted by Crippen LogP contribution is -2.22. The molecule has 0 bridgehead atoms. The van der Waals surface area contributed by atoms with Crippen molar-refractivity contribution in [3.05, 3.63) is 84.4 Å². The highest BCUT2D eigenvalue weighted by molar-refractivity contribution is 6.04. The number of carbonyl (C=O) groups excluding carboxylic acids is 3. The second-order valence-electron chi connectivity index (χ2n) is 6.56. The highest BCUT2D eigenvalue weighted by Crippen LogP contribution is 2.17. The topological polar surface area (TPSA) is 99.3 Å². The maximum atomic E-state index is 12.3. The summed E-state index contributed by atoms with van der Waals surface area (Å²) in [5, 5.41) is 11.3. The van der Waals surface area contributed by atoms with Gasteiger partial charge in [0.1, 0.15) is 0 Å². The van der Waals surface area contributed by atoms with E-state index in [-0.39, 0.29) is 24.3 Å². The van der Waals surface area contributed by atoms with Crippen molar-refractivity contribution in [2.24, 2.45) is 0 Å². The minimum Gasteiger partial charge on any atom is -0.376 e. The Labute approximate surface area is 174 Å². The third kappa shape index (κ3) is 6.20. The van der Waals surface area contributed by atoms with E-state index in [2.05, 4.69) is 21.3 Å². The molecule has 7 heteroatoms. The minimum absolute atomic E-state index is 0.0458. The van der Waals surface area contributed by atoms with Crippen LogP contribution in [0.25, 0.3) is 0 Å². The molecule has 0 saturated carbocycles. The standard InChI is InChI=1S/C23H22N4O3/c1-16(28)25-19-10-5-9-18(13-19)24-15-22(29)26-20-11-6-12-21(14-20)27-23(30)17-7-3-2-4-8-17/h2-14,24H,15H2,1H3,(H,25,28)(H,26,29)(H,27,30). The van der Waals surface area contributed by atoms with E-state index in [0.717, 1.165) is 0 Å². The average Bonchev–Trinajstić information content (AvgIpc) is 2.73. The molecular weight excluding hydrogens is 380 g/mol. The normalized spacial score (nSPS) is 10.0. The Bertz CT molecular complexity index is 1050. The van der Waals surface area contributed by atoms with Crippen LogP contribution in [-0.2, 0) is 9.59 Å². The summed E-state index contributed by atoms with van der Waals surface area (Å²) in [6.07, 6.45) is 0. The molecular formula is C23H22N4O3. The maximum Gasteiger partial charge on any atom is 0.255 e. The van der Waals surface area contributed by atoms with Gasteiger partial charge in [0.15, 0.2) is 0 Å². The number of hydrogen-bond acceptors (Lipinski definition) is 4. The van der Waals surface area contributed by atoms with Crippen LogP contribution in [-0.4, -0.2) is 24.3 Å². The van der Waals surface area contributed by atoms with Crippen molar-refractivity contribution in [1.82, 2.24) is 0 Å². The van der Waals surface area contributed by atoms with E-state index in [1.807, 2.05) is 6.07 Å². The van der Waals surface area contributed by atoms with E-state index in [1.54, 1.807) is 72.8 Å². The summed E-state index contributed by atoms with van der Waals surface area (Å²) in [5.41, 5.74) is 3.06. The number of anilines is 4. The molecule has 3 amide bonds. The van der Waals surface area contributed by atoms with Crippen molar-refractivity contribution in [2.75, 3.05) is 27.8 Å². The van der Waals surface area contributed by atoms with Crippen LogP contribution >= 0.6 is 0 Å². The van der Waals surface area contributed by atoms with Crippen molar-refractivity contribution in [1.29, 1.82) is 0 Å². The first kappa shape index (κ1) is 20.6. The van der Waals surface area contributed by atoms with E-state index in [0.29, 0.717) is 28.3 Å². The summed E-state index contributed by atoms with van der Waals surface area (Å²) in [6, 6.07) is 22.9. The number of carbonyl (C=O) groups is 3. The Balaban J connectivity index is 1.55. The smallest absolute Gasteiger partial charge is 0.255 e. The zero-order valence-electron chi connectivity index (χ0n) is 16.4. The first-order valence-corrected chi connectivity index (χ1v) is 9.37. The number of benzene rings is 3. The molecule has 3 aromatic rings. The monoisotopic (exact) mass is 402 g/mol. The molecule has 0 saturated heterocycles. The molecule has 7 nitrogen and oxygen atoms in total. The van der Waals surface area contributed by atoms with Crippen molar-refractivity contribution < 1.29 is 14.4 Å². The molecule has 30 heavy (non-hydrogen) atoms. The minimum atomic E-state index is -0.244. The molecule has 0 fully saturated rings. The first-order chi connectivity index (χ1) is 14.5. The quantitative estimate of drug-likeness (QED) is 0.481. The zero-order valence-corrected chi connectivity index (χ0v) is 16.4. The molecule has 0 aliphatic carbocycles. The van der Waals surface area contributed by atoms with Gasteiger partial charge in [-0.15, -0.1) is 0 Å². The van der Waals surface area contributed by atoms with E-state index >= 15 is 0 Å². The summed E-state index contributed by atoms with van der Waals surface area (Å²) >= 11 is 0. The molecule has 0 radical (unpaired) electrons. The predicted octanol–water partition coefficient (Wildman–Crippen LogP) is 3.95. The summed E-state index contributed by atoms with van der Waals surface area (Å²) in [7, 11) is 0. The number of hydrogen-bond donors (Lipinski definition) is 4. The third-order valence-corrected chi connectivity index (χ3v) is 4.08. The fourth-order valence-corrected chi connectivity index (χ4v) is 2.77. The van der Waals surface area contributed by atoms with Crippen molar-refractivity contribution in [3.8, 4) is 0 Å². The Morgan fingerprint density at radius 1 is 0.667 bits per heavy atom. The Hall–Kier alpha value is -4.13. The number of amides is 3. The number of rotatable bonds is 7. The average molecular weight is 402 g/mol. The van der Waals surface area contributed by atoms with Crippen LogP contribution in [0.2, 0.25) is 0 Å².